The summed E-state index contributed by atoms with van der Waals surface area (Å²) in [5.74, 6) is 0. The molecular weight excluding hydrogens is 1350 g/mol. The van der Waals surface area contributed by atoms with E-state index in [0.717, 1.165) is 77.8 Å². The van der Waals surface area contributed by atoms with Gasteiger partial charge in [-0.15, -0.1) is 0 Å². The van der Waals surface area contributed by atoms with E-state index in [4.69, 9.17) is 13.3 Å². The van der Waals surface area contributed by atoms with E-state index in [-0.39, 0.29) is 5.41 Å². The Bertz CT molecular complexity index is 7470. The maximum atomic E-state index is 7.22. The lowest BCUT2D eigenvalue weighted by Crippen LogP contribution is -2.27. The first kappa shape index (κ1) is 60.7. The first-order chi connectivity index (χ1) is 54.3. The molecule has 7 aliphatic rings. The minimum absolute atomic E-state index is 0.312. The summed E-state index contributed by atoms with van der Waals surface area (Å²) in [5.41, 5.74) is 44.4. The Morgan fingerprint density at radius 1 is 0.216 bits per heavy atom. The van der Waals surface area contributed by atoms with E-state index in [9.17, 15) is 0 Å². The Morgan fingerprint density at radius 2 is 0.604 bits per heavy atom. The number of benzene rings is 16. The standard InChI is InChI=1S/C107H69NO3/c1-103(2)82-52-59(45-48-68(82)92-87(103)55-73(58-26-8-7-9-27-58)101-96(92)71-34-16-24-42-89(71)110-101)108(60-46-49-69-83(53-60)105(5,6)99-95(69)97-72-35-17-25-43-90(72)111-102(97)98-67-32-14-18-36-76(67)104(3,4)100(98)99)61-44-47-66-74-56-86-75(57-85(74)107(84(66)54-61)79-39-21-12-30-64(79)65-31-13-22-40-80(65)107)93-81(50-51-91-94(93)70-33-15-23-41-88(70)109-91)106(86)77-37-19-10-28-62(77)63-29-11-20-38-78(63)106/h7-57H,1-6H3. The maximum Gasteiger partial charge on any atom is 0.144 e. The number of fused-ring (bicyclic) bond motifs is 43. The zero-order valence-corrected chi connectivity index (χ0v) is 62.1. The van der Waals surface area contributed by atoms with Crippen LogP contribution in [0.15, 0.2) is 323 Å². The summed E-state index contributed by atoms with van der Waals surface area (Å²) in [6.45, 7) is 14.7. The van der Waals surface area contributed by atoms with E-state index in [1.165, 1.54) is 172 Å². The topological polar surface area (TPSA) is 42.7 Å². The van der Waals surface area contributed by atoms with Crippen molar-refractivity contribution in [3.8, 4) is 89.0 Å². The molecule has 0 amide bonds. The van der Waals surface area contributed by atoms with Crippen molar-refractivity contribution in [2.24, 2.45) is 0 Å². The summed E-state index contributed by atoms with van der Waals surface area (Å²) >= 11 is 0. The van der Waals surface area contributed by atoms with E-state index >= 15 is 0 Å². The molecule has 19 aromatic rings. The van der Waals surface area contributed by atoms with E-state index in [2.05, 4.69) is 356 Å². The second kappa shape index (κ2) is 20.3. The molecule has 0 saturated carbocycles. The van der Waals surface area contributed by atoms with E-state index in [1.807, 2.05) is 0 Å². The van der Waals surface area contributed by atoms with Crippen LogP contribution in [0.5, 0.6) is 0 Å². The molecule has 0 aliphatic heterocycles. The van der Waals surface area contributed by atoms with Crippen molar-refractivity contribution in [1.82, 2.24) is 0 Å². The number of nitrogens with zero attached hydrogens (tertiary/aromatic N) is 1. The zero-order chi connectivity index (χ0) is 73.2. The molecule has 26 rings (SSSR count). The molecular formula is C107H69NO3. The molecule has 0 bridgehead atoms. The van der Waals surface area contributed by atoms with Crippen LogP contribution in [0, 0.1) is 0 Å². The van der Waals surface area contributed by atoms with E-state index in [1.54, 1.807) is 0 Å². The summed E-state index contributed by atoms with van der Waals surface area (Å²) in [5, 5.41) is 6.94. The van der Waals surface area contributed by atoms with Crippen LogP contribution in [0.1, 0.15) is 119 Å². The fourth-order valence-electron chi connectivity index (χ4n) is 23.4. The molecule has 2 spiro atoms. The van der Waals surface area contributed by atoms with Crippen molar-refractivity contribution in [2.45, 2.75) is 68.6 Å². The van der Waals surface area contributed by atoms with Gasteiger partial charge in [-0.05, 0) is 235 Å². The molecule has 4 nitrogen and oxygen atoms in total. The van der Waals surface area contributed by atoms with Crippen LogP contribution in [-0.4, -0.2) is 0 Å². The molecule has 3 heterocycles. The molecule has 16 aromatic carbocycles. The maximum absolute atomic E-state index is 7.22. The molecule has 3 aromatic heterocycles. The van der Waals surface area contributed by atoms with Crippen LogP contribution < -0.4 is 4.90 Å². The van der Waals surface area contributed by atoms with Gasteiger partial charge in [0.05, 0.1) is 10.8 Å². The van der Waals surface area contributed by atoms with Crippen molar-refractivity contribution < 1.29 is 13.3 Å². The van der Waals surface area contributed by atoms with Crippen LogP contribution in [0.3, 0.4) is 0 Å². The largest absolute Gasteiger partial charge is 0.456 e. The Labute approximate surface area is 641 Å². The highest BCUT2D eigenvalue weighted by Gasteiger charge is 2.58. The Balaban J connectivity index is 0.752. The predicted molar refractivity (Wildman–Crippen MR) is 454 cm³/mol. The third-order valence-corrected chi connectivity index (χ3v) is 27.8. The van der Waals surface area contributed by atoms with Gasteiger partial charge in [-0.3, -0.25) is 0 Å². The summed E-state index contributed by atoms with van der Waals surface area (Å²) in [7, 11) is 0. The van der Waals surface area contributed by atoms with Crippen LogP contribution in [-0.2, 0) is 27.1 Å². The Morgan fingerprint density at radius 3 is 1.21 bits per heavy atom. The number of anilines is 3. The SMILES string of the molecule is CC1(C)c2cc(N(c3ccc4c(c3)C(C)(C)c3c5c(c6oc7ccccc7c6c3-4)-c3ccccc3C5(C)C)c3ccc4c(c3)C3(c5ccccc5-c5ccccc53)c3cc5c(cc3-4)C3(c4ccccc4-c4ccccc43)c3ccc4oc6ccccc6c4c3-5)ccc2-c2c1cc(-c1ccccc1)c1oc3ccccc3c21. The molecule has 0 radical (unpaired) electrons. The minimum Gasteiger partial charge on any atom is -0.456 e. The average molecular weight is 1420 g/mol. The monoisotopic (exact) mass is 1420 g/mol. The Kier molecular flexibility index (Phi) is 11.1. The fraction of sp³-hybridized carbons (Fsp3) is 0.103. The highest BCUT2D eigenvalue weighted by atomic mass is 16.3. The summed E-state index contributed by atoms with van der Waals surface area (Å²) in [6.07, 6.45) is 0. The number of rotatable bonds is 4. The molecule has 520 valence electrons. The molecule has 7 aliphatic carbocycles. The van der Waals surface area contributed by atoms with Gasteiger partial charge in [0.2, 0.25) is 0 Å². The summed E-state index contributed by atoms with van der Waals surface area (Å²) in [6, 6.07) is 118. The van der Waals surface area contributed by atoms with E-state index in [0.29, 0.717) is 0 Å². The van der Waals surface area contributed by atoms with Gasteiger partial charge in [0.15, 0.2) is 0 Å². The number of furan rings is 3. The van der Waals surface area contributed by atoms with Crippen LogP contribution in [0.4, 0.5) is 17.1 Å². The van der Waals surface area contributed by atoms with Crippen molar-refractivity contribution in [3.63, 3.8) is 0 Å². The van der Waals surface area contributed by atoms with Gasteiger partial charge in [-0.1, -0.05) is 272 Å². The van der Waals surface area contributed by atoms with Gasteiger partial charge in [0.25, 0.3) is 0 Å². The van der Waals surface area contributed by atoms with Gasteiger partial charge >= 0.3 is 0 Å². The van der Waals surface area contributed by atoms with Gasteiger partial charge < -0.3 is 18.2 Å². The highest BCUT2D eigenvalue weighted by molar-refractivity contribution is 6.23. The second-order valence-electron chi connectivity index (χ2n) is 33.8. The van der Waals surface area contributed by atoms with Gasteiger partial charge in [0.1, 0.15) is 33.5 Å². The second-order valence-corrected chi connectivity index (χ2v) is 33.8. The lowest BCUT2D eigenvalue weighted by molar-refractivity contribution is 0.600. The van der Waals surface area contributed by atoms with Crippen LogP contribution >= 0.6 is 0 Å². The van der Waals surface area contributed by atoms with Crippen LogP contribution in [0.2, 0.25) is 0 Å². The molecule has 0 saturated heterocycles. The fourth-order valence-corrected chi connectivity index (χ4v) is 23.4. The van der Waals surface area contributed by atoms with Crippen molar-refractivity contribution in [1.29, 1.82) is 0 Å². The lowest BCUT2D eigenvalue weighted by Gasteiger charge is -2.33. The normalized spacial score (nSPS) is 15.8. The summed E-state index contributed by atoms with van der Waals surface area (Å²) < 4.78 is 21.2. The minimum atomic E-state index is -0.746. The molecule has 0 N–H and O–H groups in total. The molecule has 111 heavy (non-hydrogen) atoms. The quantitative estimate of drug-likeness (QED) is 0.176. The third-order valence-electron chi connectivity index (χ3n) is 27.8. The third kappa shape index (κ3) is 7.05. The van der Waals surface area contributed by atoms with Gasteiger partial charge in [-0.2, -0.15) is 0 Å². The number of hydrogen-bond donors (Lipinski definition) is 0. The van der Waals surface area contributed by atoms with Crippen molar-refractivity contribution in [3.05, 3.63) is 387 Å². The zero-order valence-electron chi connectivity index (χ0n) is 62.1. The molecule has 0 fully saturated rings. The van der Waals surface area contributed by atoms with Gasteiger partial charge in [0, 0.05) is 76.8 Å². The lowest BCUT2D eigenvalue weighted by atomic mass is 9.68. The number of hydrogen-bond acceptors (Lipinski definition) is 4. The van der Waals surface area contributed by atoms with Gasteiger partial charge in [-0.25, -0.2) is 0 Å². The Hall–Kier alpha value is -13.3. The first-order valence-electron chi connectivity index (χ1n) is 39.3. The smallest absolute Gasteiger partial charge is 0.144 e. The van der Waals surface area contributed by atoms with Crippen LogP contribution in [0.25, 0.3) is 155 Å². The molecule has 4 heteroatoms. The first-order valence-corrected chi connectivity index (χ1v) is 39.3. The molecule has 0 unspecified atom stereocenters. The molecule has 0 atom stereocenters. The number of para-hydroxylation sites is 3. The van der Waals surface area contributed by atoms with E-state index < -0.39 is 21.7 Å². The summed E-state index contributed by atoms with van der Waals surface area (Å²) in [4.78, 5) is 2.62. The van der Waals surface area contributed by atoms with Crippen molar-refractivity contribution in [2.75, 3.05) is 4.90 Å². The van der Waals surface area contributed by atoms with Crippen molar-refractivity contribution >= 4 is 82.9 Å². The highest BCUT2D eigenvalue weighted by Crippen LogP contribution is 2.71. The predicted octanol–water partition coefficient (Wildman–Crippen LogP) is 28.1. The average Bonchev–Trinajstić information content (AvgIpc) is 1.49.